The minimum absolute atomic E-state index is 0.0197. The number of alkyl halides is 1. The number of hydrogen-bond donors (Lipinski definition) is 0. The molecule has 1 saturated carbocycles. The van der Waals surface area contributed by atoms with Gasteiger partial charge in [0.25, 0.3) is 5.91 Å². The van der Waals surface area contributed by atoms with Crippen LogP contribution in [0.25, 0.3) is 10.9 Å². The number of pyridine rings is 1. The van der Waals surface area contributed by atoms with Crippen LogP contribution >= 0.6 is 11.6 Å². The van der Waals surface area contributed by atoms with E-state index in [4.69, 9.17) is 11.6 Å². The second-order valence-electron chi connectivity index (χ2n) is 5.51. The molecule has 3 nitrogen and oxygen atoms in total. The lowest BCUT2D eigenvalue weighted by Crippen LogP contribution is -2.38. The molecule has 0 atom stereocenters. The number of nitrogens with zero attached hydrogens (tertiary/aromatic N) is 2. The molecule has 0 bridgehead atoms. The number of carbonyl (C=O) groups excluding carboxylic acids is 1. The third-order valence-electron chi connectivity index (χ3n) is 3.87. The summed E-state index contributed by atoms with van der Waals surface area (Å²) in [6.45, 7) is 0.760. The Labute approximate surface area is 123 Å². The summed E-state index contributed by atoms with van der Waals surface area (Å²) in [5, 5.41) is 1.35. The molecule has 0 N–H and O–H groups in total. The predicted molar refractivity (Wildman–Crippen MR) is 81.1 cm³/mol. The van der Waals surface area contributed by atoms with E-state index in [1.165, 1.54) is 0 Å². The Kier molecular flexibility index (Phi) is 3.62. The standard InChI is InChI=1S/C16H17ClN2O/c1-19(10-11-8-13(17)9-11)16(20)15-7-6-12-4-2-3-5-14(12)18-15/h2-7,11,13H,8-10H2,1H3. The minimum atomic E-state index is -0.0197. The van der Waals surface area contributed by atoms with Crippen molar-refractivity contribution in [3.05, 3.63) is 42.1 Å². The number of para-hydroxylation sites is 1. The third kappa shape index (κ3) is 2.63. The Morgan fingerprint density at radius 3 is 2.80 bits per heavy atom. The molecule has 0 radical (unpaired) electrons. The van der Waals surface area contributed by atoms with Crippen LogP contribution in [-0.4, -0.2) is 34.8 Å². The average Bonchev–Trinajstić information content (AvgIpc) is 2.44. The molecule has 1 aromatic heterocycles. The fourth-order valence-electron chi connectivity index (χ4n) is 2.65. The SMILES string of the molecule is CN(CC1CC(Cl)C1)C(=O)c1ccc2ccccc2n1. The van der Waals surface area contributed by atoms with Crippen LogP contribution in [-0.2, 0) is 0 Å². The Bertz CT molecular complexity index is 637. The molecule has 1 aliphatic carbocycles. The van der Waals surface area contributed by atoms with Gasteiger partial charge in [0.05, 0.1) is 5.52 Å². The van der Waals surface area contributed by atoms with Crippen molar-refractivity contribution in [2.24, 2.45) is 5.92 Å². The van der Waals surface area contributed by atoms with E-state index in [2.05, 4.69) is 4.98 Å². The van der Waals surface area contributed by atoms with Gasteiger partial charge >= 0.3 is 0 Å². The number of amides is 1. The van der Waals surface area contributed by atoms with E-state index in [0.29, 0.717) is 17.0 Å². The first kappa shape index (κ1) is 13.4. The van der Waals surface area contributed by atoms with Gasteiger partial charge < -0.3 is 4.90 Å². The number of carbonyl (C=O) groups is 1. The van der Waals surface area contributed by atoms with Gasteiger partial charge in [-0.25, -0.2) is 4.98 Å². The van der Waals surface area contributed by atoms with Gasteiger partial charge in [-0.2, -0.15) is 0 Å². The van der Waals surface area contributed by atoms with Crippen molar-refractivity contribution < 1.29 is 4.79 Å². The van der Waals surface area contributed by atoms with Crippen molar-refractivity contribution in [3.8, 4) is 0 Å². The Morgan fingerprint density at radius 1 is 1.30 bits per heavy atom. The van der Waals surface area contributed by atoms with Crippen molar-refractivity contribution in [2.75, 3.05) is 13.6 Å². The Morgan fingerprint density at radius 2 is 2.05 bits per heavy atom. The number of halogens is 1. The van der Waals surface area contributed by atoms with Crippen LogP contribution in [0.1, 0.15) is 23.3 Å². The summed E-state index contributed by atoms with van der Waals surface area (Å²) < 4.78 is 0. The molecule has 104 valence electrons. The smallest absolute Gasteiger partial charge is 0.272 e. The van der Waals surface area contributed by atoms with Crippen LogP contribution in [0.4, 0.5) is 0 Å². The number of rotatable bonds is 3. The largest absolute Gasteiger partial charge is 0.340 e. The molecule has 0 unspecified atom stereocenters. The van der Waals surface area contributed by atoms with E-state index in [9.17, 15) is 4.79 Å². The van der Waals surface area contributed by atoms with Crippen LogP contribution in [0, 0.1) is 5.92 Å². The zero-order valence-corrected chi connectivity index (χ0v) is 12.2. The van der Waals surface area contributed by atoms with Gasteiger partial charge in [0.1, 0.15) is 5.69 Å². The molecule has 1 fully saturated rings. The monoisotopic (exact) mass is 288 g/mol. The van der Waals surface area contributed by atoms with Crippen molar-refractivity contribution in [1.29, 1.82) is 0 Å². The molecule has 0 saturated heterocycles. The van der Waals surface area contributed by atoms with Gasteiger partial charge in [-0.15, -0.1) is 11.6 Å². The Balaban J connectivity index is 1.74. The first-order valence-electron chi connectivity index (χ1n) is 6.89. The maximum absolute atomic E-state index is 12.4. The van der Waals surface area contributed by atoms with Crippen LogP contribution in [0.5, 0.6) is 0 Å². The molecule has 1 heterocycles. The molecule has 20 heavy (non-hydrogen) atoms. The summed E-state index contributed by atoms with van der Waals surface area (Å²) in [7, 11) is 1.83. The number of fused-ring (bicyclic) bond motifs is 1. The van der Waals surface area contributed by atoms with E-state index >= 15 is 0 Å². The third-order valence-corrected chi connectivity index (χ3v) is 4.23. The molecule has 1 amide bonds. The molecule has 4 heteroatoms. The van der Waals surface area contributed by atoms with Crippen molar-refractivity contribution >= 4 is 28.4 Å². The normalized spacial score (nSPS) is 21.5. The van der Waals surface area contributed by atoms with Gasteiger partial charge in [0.15, 0.2) is 0 Å². The molecule has 0 aliphatic heterocycles. The second-order valence-corrected chi connectivity index (χ2v) is 6.13. The van der Waals surface area contributed by atoms with E-state index in [-0.39, 0.29) is 5.91 Å². The minimum Gasteiger partial charge on any atom is -0.340 e. The van der Waals surface area contributed by atoms with Gasteiger partial charge in [-0.05, 0) is 30.9 Å². The van der Waals surface area contributed by atoms with Crippen LogP contribution in [0.15, 0.2) is 36.4 Å². The van der Waals surface area contributed by atoms with E-state index in [1.54, 1.807) is 11.0 Å². The van der Waals surface area contributed by atoms with Gasteiger partial charge in [0, 0.05) is 24.4 Å². The van der Waals surface area contributed by atoms with Crippen LogP contribution < -0.4 is 0 Å². The first-order valence-corrected chi connectivity index (χ1v) is 7.32. The summed E-state index contributed by atoms with van der Waals surface area (Å²) in [6, 6.07) is 11.6. The molecule has 0 spiro atoms. The van der Waals surface area contributed by atoms with E-state index in [1.807, 2.05) is 37.4 Å². The lowest BCUT2D eigenvalue weighted by Gasteiger charge is -2.34. The highest BCUT2D eigenvalue weighted by Crippen LogP contribution is 2.32. The fourth-order valence-corrected chi connectivity index (χ4v) is 3.16. The molecule has 1 aliphatic rings. The summed E-state index contributed by atoms with van der Waals surface area (Å²) in [5.74, 6) is 0.515. The van der Waals surface area contributed by atoms with Crippen LogP contribution in [0.2, 0.25) is 0 Å². The fraction of sp³-hybridized carbons (Fsp3) is 0.375. The van der Waals surface area contributed by atoms with Gasteiger partial charge in [-0.1, -0.05) is 24.3 Å². The first-order chi connectivity index (χ1) is 9.63. The molecule has 1 aromatic carbocycles. The van der Waals surface area contributed by atoms with E-state index < -0.39 is 0 Å². The highest BCUT2D eigenvalue weighted by Gasteiger charge is 2.29. The highest BCUT2D eigenvalue weighted by atomic mass is 35.5. The molecule has 2 aromatic rings. The number of aromatic nitrogens is 1. The maximum atomic E-state index is 12.4. The summed E-state index contributed by atoms with van der Waals surface area (Å²) in [5.41, 5.74) is 1.36. The summed E-state index contributed by atoms with van der Waals surface area (Å²) in [4.78, 5) is 18.6. The summed E-state index contributed by atoms with van der Waals surface area (Å²) >= 11 is 5.97. The molecular formula is C16H17ClN2O. The number of benzene rings is 1. The second kappa shape index (κ2) is 5.41. The molecule has 3 rings (SSSR count). The van der Waals surface area contributed by atoms with Crippen LogP contribution in [0.3, 0.4) is 0 Å². The highest BCUT2D eigenvalue weighted by molar-refractivity contribution is 6.21. The van der Waals surface area contributed by atoms with Crippen molar-refractivity contribution in [3.63, 3.8) is 0 Å². The zero-order chi connectivity index (χ0) is 14.1. The molecular weight excluding hydrogens is 272 g/mol. The summed E-state index contributed by atoms with van der Waals surface area (Å²) in [6.07, 6.45) is 2.01. The average molecular weight is 289 g/mol. The lowest BCUT2D eigenvalue weighted by atomic mass is 9.84. The van der Waals surface area contributed by atoms with Crippen molar-refractivity contribution in [1.82, 2.24) is 9.88 Å². The Hall–Kier alpha value is -1.61. The topological polar surface area (TPSA) is 33.2 Å². The zero-order valence-electron chi connectivity index (χ0n) is 11.4. The van der Waals surface area contributed by atoms with Gasteiger partial charge in [-0.3, -0.25) is 4.79 Å². The number of hydrogen-bond acceptors (Lipinski definition) is 2. The maximum Gasteiger partial charge on any atom is 0.272 e. The van der Waals surface area contributed by atoms with Crippen molar-refractivity contribution in [2.45, 2.75) is 18.2 Å². The van der Waals surface area contributed by atoms with E-state index in [0.717, 1.165) is 30.3 Å². The quantitative estimate of drug-likeness (QED) is 0.812. The predicted octanol–water partition coefficient (Wildman–Crippen LogP) is 3.32. The lowest BCUT2D eigenvalue weighted by molar-refractivity contribution is 0.0741. The van der Waals surface area contributed by atoms with Gasteiger partial charge in [0.2, 0.25) is 0 Å².